The summed E-state index contributed by atoms with van der Waals surface area (Å²) >= 11 is 3.20. The van der Waals surface area contributed by atoms with E-state index >= 15 is 0 Å². The van der Waals surface area contributed by atoms with Crippen molar-refractivity contribution in [3.05, 3.63) is 39.7 Å². The van der Waals surface area contributed by atoms with Crippen molar-refractivity contribution in [1.29, 1.82) is 0 Å². The number of benzene rings is 1. The van der Waals surface area contributed by atoms with Crippen LogP contribution >= 0.6 is 15.9 Å². The summed E-state index contributed by atoms with van der Waals surface area (Å²) in [5, 5.41) is 11.0. The van der Waals surface area contributed by atoms with Crippen molar-refractivity contribution in [2.24, 2.45) is 0 Å². The fourth-order valence-electron chi connectivity index (χ4n) is 0.963. The fourth-order valence-corrected chi connectivity index (χ4v) is 1.42. The van der Waals surface area contributed by atoms with Crippen LogP contribution in [0.25, 0.3) is 0 Å². The standard InChI is InChI=1S/C8H7BrFNO2/c9-4-3-6-1-2-7(10)8(5-6)11(12)13/h1-2,5H,3-4H2. The molecule has 0 spiro atoms. The summed E-state index contributed by atoms with van der Waals surface area (Å²) in [4.78, 5) is 9.62. The Hall–Kier alpha value is -0.970. The van der Waals surface area contributed by atoms with Crippen molar-refractivity contribution in [1.82, 2.24) is 0 Å². The first-order valence-corrected chi connectivity index (χ1v) is 4.76. The highest BCUT2D eigenvalue weighted by atomic mass is 79.9. The molecule has 0 aliphatic heterocycles. The van der Waals surface area contributed by atoms with Crippen LogP contribution in [0.2, 0.25) is 0 Å². The number of rotatable bonds is 3. The van der Waals surface area contributed by atoms with Gasteiger partial charge in [-0.25, -0.2) is 0 Å². The molecule has 0 bridgehead atoms. The second kappa shape index (κ2) is 4.32. The van der Waals surface area contributed by atoms with Gasteiger partial charge in [0.05, 0.1) is 4.92 Å². The van der Waals surface area contributed by atoms with Gasteiger partial charge < -0.3 is 0 Å². The average Bonchev–Trinajstić information content (AvgIpc) is 2.08. The Balaban J connectivity index is 3.04. The van der Waals surface area contributed by atoms with Crippen LogP contribution in [-0.4, -0.2) is 10.3 Å². The number of nitro benzene ring substituents is 1. The molecule has 1 aromatic rings. The van der Waals surface area contributed by atoms with Gasteiger partial charge in [-0.1, -0.05) is 22.0 Å². The highest BCUT2D eigenvalue weighted by Crippen LogP contribution is 2.18. The molecule has 1 aromatic carbocycles. The molecule has 0 amide bonds. The van der Waals surface area contributed by atoms with E-state index in [0.717, 1.165) is 11.6 Å². The summed E-state index contributed by atoms with van der Waals surface area (Å²) in [6.07, 6.45) is 0.654. The second-order valence-corrected chi connectivity index (χ2v) is 3.27. The highest BCUT2D eigenvalue weighted by Gasteiger charge is 2.13. The lowest BCUT2D eigenvalue weighted by Gasteiger charge is -1.98. The molecular weight excluding hydrogens is 241 g/mol. The Morgan fingerprint density at radius 1 is 1.54 bits per heavy atom. The van der Waals surface area contributed by atoms with Gasteiger partial charge in [-0.2, -0.15) is 4.39 Å². The first-order chi connectivity index (χ1) is 6.15. The number of nitrogens with zero attached hydrogens (tertiary/aromatic N) is 1. The molecular formula is C8H7BrFNO2. The van der Waals surface area contributed by atoms with E-state index in [0.29, 0.717) is 11.8 Å². The van der Waals surface area contributed by atoms with Gasteiger partial charge in [-0.15, -0.1) is 0 Å². The lowest BCUT2D eigenvalue weighted by molar-refractivity contribution is -0.387. The molecule has 0 aliphatic rings. The third kappa shape index (κ3) is 2.48. The summed E-state index contributed by atoms with van der Waals surface area (Å²) < 4.78 is 12.8. The van der Waals surface area contributed by atoms with Crippen LogP contribution in [0.4, 0.5) is 10.1 Å². The maximum absolute atomic E-state index is 12.8. The molecule has 0 fully saturated rings. The number of hydrogen-bond donors (Lipinski definition) is 0. The van der Waals surface area contributed by atoms with E-state index in [-0.39, 0.29) is 0 Å². The summed E-state index contributed by atoms with van der Waals surface area (Å²) in [5.41, 5.74) is 0.295. The first-order valence-electron chi connectivity index (χ1n) is 3.64. The lowest BCUT2D eigenvalue weighted by Crippen LogP contribution is -1.95. The fraction of sp³-hybridized carbons (Fsp3) is 0.250. The van der Waals surface area contributed by atoms with E-state index in [1.54, 1.807) is 6.07 Å². The molecule has 0 aliphatic carbocycles. The van der Waals surface area contributed by atoms with E-state index in [1.165, 1.54) is 6.07 Å². The molecule has 0 saturated heterocycles. The van der Waals surface area contributed by atoms with Crippen LogP contribution in [0.1, 0.15) is 5.56 Å². The number of halogens is 2. The Morgan fingerprint density at radius 2 is 2.23 bits per heavy atom. The van der Waals surface area contributed by atoms with Gasteiger partial charge in [0.15, 0.2) is 0 Å². The van der Waals surface area contributed by atoms with Crippen LogP contribution in [0.15, 0.2) is 18.2 Å². The SMILES string of the molecule is O=[N+]([O-])c1cc(CCBr)ccc1F. The largest absolute Gasteiger partial charge is 0.305 e. The van der Waals surface area contributed by atoms with E-state index < -0.39 is 16.4 Å². The number of hydrogen-bond acceptors (Lipinski definition) is 2. The van der Waals surface area contributed by atoms with Gasteiger partial charge in [0.25, 0.3) is 0 Å². The van der Waals surface area contributed by atoms with Gasteiger partial charge in [0.1, 0.15) is 0 Å². The third-order valence-electron chi connectivity index (χ3n) is 1.59. The minimum absolute atomic E-state index is 0.460. The molecule has 0 N–H and O–H groups in total. The van der Waals surface area contributed by atoms with E-state index in [9.17, 15) is 14.5 Å². The van der Waals surface area contributed by atoms with Gasteiger partial charge >= 0.3 is 5.69 Å². The monoisotopic (exact) mass is 247 g/mol. The van der Waals surface area contributed by atoms with E-state index in [4.69, 9.17) is 0 Å². The molecule has 3 nitrogen and oxygen atoms in total. The minimum atomic E-state index is -0.789. The zero-order valence-corrected chi connectivity index (χ0v) is 8.25. The van der Waals surface area contributed by atoms with Crippen LogP contribution < -0.4 is 0 Å². The Morgan fingerprint density at radius 3 is 2.77 bits per heavy atom. The molecule has 0 saturated carbocycles. The third-order valence-corrected chi connectivity index (χ3v) is 1.99. The molecule has 1 rings (SSSR count). The smallest absolute Gasteiger partial charge is 0.258 e. The Bertz CT molecular complexity index is 330. The molecule has 13 heavy (non-hydrogen) atoms. The van der Waals surface area contributed by atoms with E-state index in [2.05, 4.69) is 15.9 Å². The quantitative estimate of drug-likeness (QED) is 0.468. The van der Waals surface area contributed by atoms with Gasteiger partial charge in [0, 0.05) is 11.4 Å². The van der Waals surface area contributed by atoms with Crippen molar-refractivity contribution in [3.8, 4) is 0 Å². The Kier molecular flexibility index (Phi) is 3.36. The zero-order chi connectivity index (χ0) is 9.84. The minimum Gasteiger partial charge on any atom is -0.258 e. The normalized spacial score (nSPS) is 10.0. The van der Waals surface area contributed by atoms with Crippen molar-refractivity contribution >= 4 is 21.6 Å². The first kappa shape index (κ1) is 10.1. The maximum Gasteiger partial charge on any atom is 0.305 e. The predicted molar refractivity (Wildman–Crippen MR) is 50.6 cm³/mol. The average molecular weight is 248 g/mol. The van der Waals surface area contributed by atoms with Crippen molar-refractivity contribution < 1.29 is 9.31 Å². The van der Waals surface area contributed by atoms with Gasteiger partial charge in [0.2, 0.25) is 5.82 Å². The van der Waals surface area contributed by atoms with Crippen molar-refractivity contribution in [2.75, 3.05) is 5.33 Å². The molecule has 0 radical (unpaired) electrons. The van der Waals surface area contributed by atoms with E-state index in [1.807, 2.05) is 0 Å². The molecule has 0 unspecified atom stereocenters. The van der Waals surface area contributed by atoms with Gasteiger partial charge in [-0.05, 0) is 18.1 Å². The summed E-state index contributed by atoms with van der Waals surface area (Å²) in [5.74, 6) is -0.789. The van der Waals surface area contributed by atoms with Crippen LogP contribution in [0.5, 0.6) is 0 Å². The molecule has 70 valence electrons. The van der Waals surface area contributed by atoms with Crippen LogP contribution in [0, 0.1) is 15.9 Å². The predicted octanol–water partition coefficient (Wildman–Crippen LogP) is 2.67. The molecule has 0 atom stereocenters. The number of alkyl halides is 1. The van der Waals surface area contributed by atoms with Crippen molar-refractivity contribution in [2.45, 2.75) is 6.42 Å². The molecule has 5 heteroatoms. The van der Waals surface area contributed by atoms with Crippen LogP contribution in [0.3, 0.4) is 0 Å². The summed E-state index contributed by atoms with van der Waals surface area (Å²) in [7, 11) is 0. The summed E-state index contributed by atoms with van der Waals surface area (Å²) in [6, 6.07) is 3.93. The Labute approximate surface area is 82.8 Å². The zero-order valence-electron chi connectivity index (χ0n) is 6.67. The number of aryl methyl sites for hydroxylation is 1. The number of nitro groups is 1. The molecule has 0 aromatic heterocycles. The maximum atomic E-state index is 12.8. The topological polar surface area (TPSA) is 43.1 Å². The highest BCUT2D eigenvalue weighted by molar-refractivity contribution is 9.09. The van der Waals surface area contributed by atoms with Gasteiger partial charge in [-0.3, -0.25) is 10.1 Å². The van der Waals surface area contributed by atoms with Crippen molar-refractivity contribution in [3.63, 3.8) is 0 Å². The lowest BCUT2D eigenvalue weighted by atomic mass is 10.1. The summed E-state index contributed by atoms with van der Waals surface area (Å²) in [6.45, 7) is 0. The molecule has 0 heterocycles. The van der Waals surface area contributed by atoms with Crippen LogP contribution in [-0.2, 0) is 6.42 Å². The second-order valence-electron chi connectivity index (χ2n) is 2.48.